The molecule has 1 radical (unpaired) electrons. The Hall–Kier alpha value is -0.0800. The van der Waals surface area contributed by atoms with E-state index in [0.717, 1.165) is 6.61 Å². The maximum atomic E-state index is 4.82. The van der Waals surface area contributed by atoms with Gasteiger partial charge in [-0.15, -0.1) is 0 Å². The number of ether oxygens (including phenoxy) is 1. The number of nitrogens with one attached hydrogen (secondary N) is 1. The highest BCUT2D eigenvalue weighted by Crippen LogP contribution is 1.93. The first-order valence-corrected chi connectivity index (χ1v) is 2.09. The minimum Gasteiger partial charge on any atom is -0.358 e. The van der Waals surface area contributed by atoms with E-state index in [4.69, 9.17) is 4.74 Å². The predicted octanol–water partition coefficient (Wildman–Crippen LogP) is 0.114. The van der Waals surface area contributed by atoms with Crippen molar-refractivity contribution in [2.45, 2.75) is 13.0 Å². The van der Waals surface area contributed by atoms with Crippen LogP contribution >= 0.6 is 0 Å². The summed E-state index contributed by atoms with van der Waals surface area (Å²) in [5, 5.41) is 2.97. The van der Waals surface area contributed by atoms with Crippen LogP contribution in [0.25, 0.3) is 0 Å². The Morgan fingerprint density at radius 2 is 2.83 bits per heavy atom. The quantitative estimate of drug-likeness (QED) is 0.452. The molecule has 1 unspecified atom stereocenters. The Morgan fingerprint density at radius 3 is 3.00 bits per heavy atom. The molecular formula is C4H8NO. The summed E-state index contributed by atoms with van der Waals surface area (Å²) >= 11 is 0. The van der Waals surface area contributed by atoms with Gasteiger partial charge < -0.3 is 4.74 Å². The lowest BCUT2D eigenvalue weighted by Gasteiger charge is -1.91. The zero-order valence-electron chi connectivity index (χ0n) is 3.77. The molecule has 1 atom stereocenters. The van der Waals surface area contributed by atoms with Gasteiger partial charge in [-0.05, 0) is 6.92 Å². The summed E-state index contributed by atoms with van der Waals surface area (Å²) in [6.07, 6.45) is 0. The van der Waals surface area contributed by atoms with Crippen molar-refractivity contribution in [2.24, 2.45) is 0 Å². The largest absolute Gasteiger partial charge is 0.358 e. The van der Waals surface area contributed by atoms with Crippen molar-refractivity contribution in [3.63, 3.8) is 0 Å². The first-order valence-electron chi connectivity index (χ1n) is 2.09. The van der Waals surface area contributed by atoms with Gasteiger partial charge in [-0.3, -0.25) is 5.32 Å². The maximum Gasteiger partial charge on any atom is 0.148 e. The van der Waals surface area contributed by atoms with E-state index in [0.29, 0.717) is 6.04 Å². The molecule has 1 fully saturated rings. The van der Waals surface area contributed by atoms with Crippen LogP contribution in [0, 0.1) is 6.73 Å². The van der Waals surface area contributed by atoms with E-state index < -0.39 is 0 Å². The zero-order chi connectivity index (χ0) is 4.41. The van der Waals surface area contributed by atoms with Crippen molar-refractivity contribution in [1.82, 2.24) is 5.32 Å². The van der Waals surface area contributed by atoms with Crippen LogP contribution in [-0.4, -0.2) is 12.6 Å². The van der Waals surface area contributed by atoms with Gasteiger partial charge in [0, 0.05) is 6.04 Å². The van der Waals surface area contributed by atoms with Gasteiger partial charge in [-0.25, -0.2) is 0 Å². The second kappa shape index (κ2) is 1.58. The van der Waals surface area contributed by atoms with Crippen LogP contribution < -0.4 is 5.32 Å². The summed E-state index contributed by atoms with van der Waals surface area (Å²) in [4.78, 5) is 0. The molecule has 1 heterocycles. The van der Waals surface area contributed by atoms with Crippen molar-refractivity contribution in [1.29, 1.82) is 0 Å². The molecule has 0 aromatic carbocycles. The highest BCUT2D eigenvalue weighted by molar-refractivity contribution is 4.67. The van der Waals surface area contributed by atoms with Gasteiger partial charge in [0.05, 0.1) is 6.61 Å². The van der Waals surface area contributed by atoms with E-state index in [1.165, 1.54) is 0 Å². The van der Waals surface area contributed by atoms with Gasteiger partial charge in [-0.1, -0.05) is 0 Å². The normalized spacial score (nSPS) is 34.5. The summed E-state index contributed by atoms with van der Waals surface area (Å²) in [6, 6.07) is 0.519. The van der Waals surface area contributed by atoms with Crippen LogP contribution in [0.5, 0.6) is 0 Å². The Bertz CT molecular complexity index is 40.8. The predicted molar refractivity (Wildman–Crippen MR) is 22.8 cm³/mol. The summed E-state index contributed by atoms with van der Waals surface area (Å²) in [5.41, 5.74) is 0. The highest BCUT2D eigenvalue weighted by Gasteiger charge is 2.06. The molecule has 0 aliphatic carbocycles. The van der Waals surface area contributed by atoms with Crippen molar-refractivity contribution in [3.05, 3.63) is 6.73 Å². The SMILES string of the molecule is CC1CO[CH]N1. The zero-order valence-corrected chi connectivity index (χ0v) is 3.77. The summed E-state index contributed by atoms with van der Waals surface area (Å²) in [7, 11) is 0. The Labute approximate surface area is 37.5 Å². The van der Waals surface area contributed by atoms with E-state index >= 15 is 0 Å². The summed E-state index contributed by atoms with van der Waals surface area (Å²) < 4.78 is 4.82. The van der Waals surface area contributed by atoms with Crippen molar-refractivity contribution >= 4 is 0 Å². The molecular weight excluding hydrogens is 78.1 g/mol. The lowest BCUT2D eigenvalue weighted by molar-refractivity contribution is 0.247. The Morgan fingerprint density at radius 1 is 2.00 bits per heavy atom. The van der Waals surface area contributed by atoms with Gasteiger partial charge in [0.1, 0.15) is 6.73 Å². The van der Waals surface area contributed by atoms with E-state index in [-0.39, 0.29) is 0 Å². The lowest BCUT2D eigenvalue weighted by atomic mass is 10.4. The van der Waals surface area contributed by atoms with Crippen LogP contribution in [0.2, 0.25) is 0 Å². The van der Waals surface area contributed by atoms with Crippen LogP contribution in [-0.2, 0) is 4.74 Å². The van der Waals surface area contributed by atoms with Gasteiger partial charge in [0.15, 0.2) is 0 Å². The van der Waals surface area contributed by atoms with E-state index in [9.17, 15) is 0 Å². The van der Waals surface area contributed by atoms with Gasteiger partial charge >= 0.3 is 0 Å². The Balaban J connectivity index is 2.18. The van der Waals surface area contributed by atoms with Crippen LogP contribution in [0.4, 0.5) is 0 Å². The molecule has 0 spiro atoms. The standard InChI is InChI=1S/C4H8NO/c1-4-2-6-3-5-4/h3-5H,2H2,1H3. The molecule has 1 saturated heterocycles. The van der Waals surface area contributed by atoms with Crippen LogP contribution in [0.1, 0.15) is 6.92 Å². The molecule has 0 saturated carbocycles. The first-order chi connectivity index (χ1) is 2.89. The average molecular weight is 86.1 g/mol. The van der Waals surface area contributed by atoms with E-state index in [1.807, 2.05) is 0 Å². The topological polar surface area (TPSA) is 21.3 Å². The second-order valence-electron chi connectivity index (χ2n) is 1.52. The molecule has 2 nitrogen and oxygen atoms in total. The monoisotopic (exact) mass is 86.1 g/mol. The third-order valence-electron chi connectivity index (χ3n) is 0.782. The molecule has 1 aliphatic heterocycles. The second-order valence-corrected chi connectivity index (χ2v) is 1.52. The maximum absolute atomic E-state index is 4.82. The molecule has 0 bridgehead atoms. The number of hydrogen-bond acceptors (Lipinski definition) is 2. The van der Waals surface area contributed by atoms with Crippen LogP contribution in [0.3, 0.4) is 0 Å². The third-order valence-corrected chi connectivity index (χ3v) is 0.782. The van der Waals surface area contributed by atoms with Crippen molar-refractivity contribution in [2.75, 3.05) is 6.61 Å². The summed E-state index contributed by atoms with van der Waals surface area (Å²) in [5.74, 6) is 0. The van der Waals surface area contributed by atoms with Crippen molar-refractivity contribution in [3.8, 4) is 0 Å². The van der Waals surface area contributed by atoms with Gasteiger partial charge in [-0.2, -0.15) is 0 Å². The molecule has 0 amide bonds. The molecule has 0 aromatic heterocycles. The van der Waals surface area contributed by atoms with Crippen molar-refractivity contribution < 1.29 is 4.74 Å². The fraction of sp³-hybridized carbons (Fsp3) is 0.750. The molecule has 1 aliphatic rings. The minimum atomic E-state index is 0.519. The number of rotatable bonds is 0. The van der Waals surface area contributed by atoms with Gasteiger partial charge in [0.2, 0.25) is 0 Å². The highest BCUT2D eigenvalue weighted by atomic mass is 16.5. The average Bonchev–Trinajstić information content (AvgIpc) is 1.86. The molecule has 2 heteroatoms. The fourth-order valence-corrected chi connectivity index (χ4v) is 0.405. The first kappa shape index (κ1) is 4.09. The van der Waals surface area contributed by atoms with E-state index in [2.05, 4.69) is 12.2 Å². The molecule has 0 aromatic rings. The minimum absolute atomic E-state index is 0.519. The number of hydrogen-bond donors (Lipinski definition) is 1. The molecule has 35 valence electrons. The summed E-state index contributed by atoms with van der Waals surface area (Å²) in [6.45, 7) is 4.52. The Kier molecular flexibility index (Phi) is 1.08. The van der Waals surface area contributed by atoms with Gasteiger partial charge in [0.25, 0.3) is 0 Å². The molecule has 1 N–H and O–H groups in total. The third kappa shape index (κ3) is 0.698. The smallest absolute Gasteiger partial charge is 0.148 e. The molecule has 1 rings (SSSR count). The van der Waals surface area contributed by atoms with E-state index in [1.54, 1.807) is 6.73 Å². The molecule has 6 heavy (non-hydrogen) atoms. The lowest BCUT2D eigenvalue weighted by Crippen LogP contribution is -2.16. The van der Waals surface area contributed by atoms with Crippen LogP contribution in [0.15, 0.2) is 0 Å². The fourth-order valence-electron chi connectivity index (χ4n) is 0.405.